The maximum absolute atomic E-state index is 13.6. The average molecular weight is 613 g/mol. The Hall–Kier alpha value is -2.94. The van der Waals surface area contributed by atoms with Gasteiger partial charge in [-0.25, -0.2) is 0 Å². The smallest absolute Gasteiger partial charge is 0.249 e. The maximum Gasteiger partial charge on any atom is 0.249 e. The molecule has 3 aromatic rings. The Morgan fingerprint density at radius 1 is 0.825 bits per heavy atom. The average Bonchev–Trinajstić information content (AvgIpc) is 3.40. The number of benzene rings is 2. The molecule has 0 bridgehead atoms. The highest BCUT2D eigenvalue weighted by molar-refractivity contribution is 9.10. The van der Waals surface area contributed by atoms with Crippen molar-refractivity contribution in [1.82, 2.24) is 14.4 Å². The van der Waals surface area contributed by atoms with Gasteiger partial charge in [0.15, 0.2) is 0 Å². The van der Waals surface area contributed by atoms with Gasteiger partial charge in [0.05, 0.1) is 19.7 Å². The van der Waals surface area contributed by atoms with E-state index in [4.69, 9.17) is 9.47 Å². The number of carbonyl (C=O) groups excluding carboxylic acids is 2. The second kappa shape index (κ2) is 17.7. The van der Waals surface area contributed by atoms with E-state index in [0.29, 0.717) is 45.9 Å². The van der Waals surface area contributed by atoms with E-state index in [-0.39, 0.29) is 25.0 Å². The molecule has 0 atom stereocenters. The van der Waals surface area contributed by atoms with Crippen LogP contribution in [0.1, 0.15) is 49.9 Å². The zero-order chi connectivity index (χ0) is 28.6. The molecule has 0 saturated heterocycles. The second-order valence-electron chi connectivity index (χ2n) is 9.77. The first kappa shape index (κ1) is 31.6. The van der Waals surface area contributed by atoms with E-state index in [2.05, 4.69) is 45.6 Å². The lowest BCUT2D eigenvalue weighted by Crippen LogP contribution is -2.45. The fourth-order valence-electron chi connectivity index (χ4n) is 4.35. The van der Waals surface area contributed by atoms with Gasteiger partial charge in [-0.1, -0.05) is 71.7 Å². The van der Waals surface area contributed by atoms with E-state index in [1.807, 2.05) is 66.6 Å². The van der Waals surface area contributed by atoms with Crippen molar-refractivity contribution in [1.29, 1.82) is 0 Å². The topological polar surface area (TPSA) is 64.0 Å². The quantitative estimate of drug-likeness (QED) is 0.168. The molecular weight excluding hydrogens is 570 g/mol. The molecular formula is C32H42BrN3O4. The van der Waals surface area contributed by atoms with Gasteiger partial charge in [0.2, 0.25) is 11.8 Å². The highest BCUT2D eigenvalue weighted by Crippen LogP contribution is 2.15. The number of halogens is 1. The number of amides is 2. The van der Waals surface area contributed by atoms with Gasteiger partial charge in [0, 0.05) is 49.2 Å². The highest BCUT2D eigenvalue weighted by atomic mass is 79.9. The van der Waals surface area contributed by atoms with Gasteiger partial charge in [-0.05, 0) is 55.2 Å². The van der Waals surface area contributed by atoms with Crippen molar-refractivity contribution in [3.63, 3.8) is 0 Å². The zero-order valence-electron chi connectivity index (χ0n) is 23.8. The van der Waals surface area contributed by atoms with Crippen LogP contribution in [0.5, 0.6) is 0 Å². The van der Waals surface area contributed by atoms with Crippen LogP contribution in [0.15, 0.2) is 77.4 Å². The molecule has 0 aliphatic heterocycles. The molecule has 2 aromatic carbocycles. The van der Waals surface area contributed by atoms with Crippen LogP contribution in [0.2, 0.25) is 0 Å². The summed E-state index contributed by atoms with van der Waals surface area (Å²) in [7, 11) is 0. The van der Waals surface area contributed by atoms with Crippen LogP contribution in [-0.2, 0) is 38.8 Å². The molecule has 0 radical (unpaired) electrons. The van der Waals surface area contributed by atoms with Gasteiger partial charge in [-0.15, -0.1) is 0 Å². The first-order valence-corrected chi connectivity index (χ1v) is 14.9. The molecule has 0 aliphatic rings. The van der Waals surface area contributed by atoms with Gasteiger partial charge >= 0.3 is 0 Å². The lowest BCUT2D eigenvalue weighted by molar-refractivity contribution is -0.144. The summed E-state index contributed by atoms with van der Waals surface area (Å²) in [6, 6.07) is 22.1. The first-order valence-electron chi connectivity index (χ1n) is 14.1. The van der Waals surface area contributed by atoms with E-state index in [1.54, 1.807) is 4.90 Å². The zero-order valence-corrected chi connectivity index (χ0v) is 25.4. The van der Waals surface area contributed by atoms with Crippen LogP contribution in [-0.4, -0.2) is 65.6 Å². The van der Waals surface area contributed by atoms with Gasteiger partial charge in [-0.3, -0.25) is 9.59 Å². The predicted octanol–water partition coefficient (Wildman–Crippen LogP) is 5.90. The standard InChI is InChI=1S/C32H42BrN3O4/c1-3-5-18-35(23-30-13-9-19-34(30)22-27-14-16-29(33)17-15-27)31(37)24-36(20-10-21-39-4-2)32(38)26-40-25-28-11-7-6-8-12-28/h6-9,11-17,19H,3-5,10,18,20-26H2,1-2H3. The summed E-state index contributed by atoms with van der Waals surface area (Å²) >= 11 is 3.49. The summed E-state index contributed by atoms with van der Waals surface area (Å²) in [6.45, 7) is 7.85. The third-order valence-electron chi connectivity index (χ3n) is 6.61. The predicted molar refractivity (Wildman–Crippen MR) is 162 cm³/mol. The number of hydrogen-bond donors (Lipinski definition) is 0. The fourth-order valence-corrected chi connectivity index (χ4v) is 4.61. The van der Waals surface area contributed by atoms with E-state index in [1.165, 1.54) is 5.56 Å². The highest BCUT2D eigenvalue weighted by Gasteiger charge is 2.22. The van der Waals surface area contributed by atoms with E-state index in [9.17, 15) is 9.59 Å². The minimum atomic E-state index is -0.185. The lowest BCUT2D eigenvalue weighted by Gasteiger charge is -2.28. The van der Waals surface area contributed by atoms with Crippen molar-refractivity contribution in [2.24, 2.45) is 0 Å². The molecule has 0 unspecified atom stereocenters. The molecule has 0 aliphatic carbocycles. The Morgan fingerprint density at radius 2 is 1.57 bits per heavy atom. The summed E-state index contributed by atoms with van der Waals surface area (Å²) in [4.78, 5) is 30.3. The number of carbonyl (C=O) groups is 2. The summed E-state index contributed by atoms with van der Waals surface area (Å²) in [5.74, 6) is -0.243. The largest absolute Gasteiger partial charge is 0.382 e. The van der Waals surface area contributed by atoms with Crippen molar-refractivity contribution < 1.29 is 19.1 Å². The van der Waals surface area contributed by atoms with Crippen molar-refractivity contribution in [3.8, 4) is 0 Å². The van der Waals surface area contributed by atoms with E-state index >= 15 is 0 Å². The van der Waals surface area contributed by atoms with Crippen LogP contribution in [0, 0.1) is 0 Å². The van der Waals surface area contributed by atoms with Crippen LogP contribution >= 0.6 is 15.9 Å². The van der Waals surface area contributed by atoms with Gasteiger partial charge in [-0.2, -0.15) is 0 Å². The third kappa shape index (κ3) is 10.9. The van der Waals surface area contributed by atoms with Gasteiger partial charge in [0.1, 0.15) is 6.61 Å². The Morgan fingerprint density at radius 3 is 2.30 bits per heavy atom. The molecule has 0 N–H and O–H groups in total. The summed E-state index contributed by atoms with van der Waals surface area (Å²) in [5, 5.41) is 0. The Labute approximate surface area is 247 Å². The second-order valence-corrected chi connectivity index (χ2v) is 10.7. The van der Waals surface area contributed by atoms with Crippen LogP contribution < -0.4 is 0 Å². The number of nitrogens with zero attached hydrogens (tertiary/aromatic N) is 3. The summed E-state index contributed by atoms with van der Waals surface area (Å²) < 4.78 is 14.4. The van der Waals surface area contributed by atoms with Gasteiger partial charge < -0.3 is 23.8 Å². The Kier molecular flexibility index (Phi) is 14.0. The first-order chi connectivity index (χ1) is 19.5. The van der Waals surface area contributed by atoms with Crippen molar-refractivity contribution in [2.75, 3.05) is 39.5 Å². The minimum Gasteiger partial charge on any atom is -0.382 e. The van der Waals surface area contributed by atoms with Crippen LogP contribution in [0.3, 0.4) is 0 Å². The molecule has 216 valence electrons. The minimum absolute atomic E-state index is 0.0246. The maximum atomic E-state index is 13.6. The molecule has 7 nitrogen and oxygen atoms in total. The number of rotatable bonds is 18. The molecule has 8 heteroatoms. The molecule has 40 heavy (non-hydrogen) atoms. The van der Waals surface area contributed by atoms with E-state index in [0.717, 1.165) is 35.1 Å². The molecule has 1 aromatic heterocycles. The number of ether oxygens (including phenoxy) is 2. The SMILES string of the molecule is CCCCN(Cc1cccn1Cc1ccc(Br)cc1)C(=O)CN(CCCOCC)C(=O)COCc1ccccc1. The molecule has 2 amide bonds. The molecule has 3 rings (SSSR count). The third-order valence-corrected chi connectivity index (χ3v) is 7.14. The fraction of sp³-hybridized carbons (Fsp3) is 0.438. The lowest BCUT2D eigenvalue weighted by atomic mass is 10.2. The van der Waals surface area contributed by atoms with Crippen LogP contribution in [0.4, 0.5) is 0 Å². The Balaban J connectivity index is 1.65. The molecule has 0 spiro atoms. The molecule has 1 heterocycles. The van der Waals surface area contributed by atoms with Crippen LogP contribution in [0.25, 0.3) is 0 Å². The van der Waals surface area contributed by atoms with E-state index < -0.39 is 0 Å². The number of unbranched alkanes of at least 4 members (excludes halogenated alkanes) is 1. The monoisotopic (exact) mass is 611 g/mol. The summed E-state index contributed by atoms with van der Waals surface area (Å²) in [5.41, 5.74) is 3.26. The molecule has 0 saturated carbocycles. The number of aromatic nitrogens is 1. The Bertz CT molecular complexity index is 1150. The number of hydrogen-bond acceptors (Lipinski definition) is 4. The van der Waals surface area contributed by atoms with Crippen molar-refractivity contribution in [2.45, 2.75) is 52.8 Å². The van der Waals surface area contributed by atoms with Gasteiger partial charge in [0.25, 0.3) is 0 Å². The van der Waals surface area contributed by atoms with Crippen molar-refractivity contribution >= 4 is 27.7 Å². The summed E-state index contributed by atoms with van der Waals surface area (Å²) in [6.07, 6.45) is 4.59. The molecule has 0 fully saturated rings. The van der Waals surface area contributed by atoms with Crippen molar-refractivity contribution in [3.05, 3.63) is 94.2 Å². The normalized spacial score (nSPS) is 11.0.